The van der Waals surface area contributed by atoms with Crippen LogP contribution in [-0.2, 0) is 13.0 Å². The van der Waals surface area contributed by atoms with Gasteiger partial charge in [-0.3, -0.25) is 0 Å². The second-order valence-electron chi connectivity index (χ2n) is 5.35. The monoisotopic (exact) mass is 344 g/mol. The number of para-hydroxylation sites is 1. The topological polar surface area (TPSA) is 68.8 Å². The lowest BCUT2D eigenvalue weighted by molar-refractivity contribution is 0.240. The van der Waals surface area contributed by atoms with Crippen LogP contribution in [0.5, 0.6) is 17.2 Å². The smallest absolute Gasteiger partial charge is 0.315 e. The molecule has 2 rings (SSSR count). The molecule has 0 aromatic heterocycles. The van der Waals surface area contributed by atoms with Crippen LogP contribution in [0.25, 0.3) is 0 Å². The maximum Gasteiger partial charge on any atom is 0.315 e. The Morgan fingerprint density at radius 2 is 1.60 bits per heavy atom. The molecule has 6 heteroatoms. The first-order chi connectivity index (χ1) is 12.2. The number of ether oxygens (including phenoxy) is 3. The van der Waals surface area contributed by atoms with Gasteiger partial charge in [0.2, 0.25) is 0 Å². The fourth-order valence-electron chi connectivity index (χ4n) is 2.48. The standard InChI is InChI=1S/C19H24N2O4/c1-23-16-8-9-18(25-3)14(12-16)10-11-20-19(22)21-13-15-6-4-5-7-17(15)24-2/h4-9,12H,10-11,13H2,1-3H3,(H2,20,21,22). The van der Waals surface area contributed by atoms with E-state index in [1.807, 2.05) is 42.5 Å². The average Bonchev–Trinajstić information content (AvgIpc) is 2.66. The van der Waals surface area contributed by atoms with E-state index in [0.717, 1.165) is 28.4 Å². The molecule has 0 aliphatic rings. The van der Waals surface area contributed by atoms with Crippen LogP contribution in [0.4, 0.5) is 4.79 Å². The van der Waals surface area contributed by atoms with Gasteiger partial charge in [-0.15, -0.1) is 0 Å². The lowest BCUT2D eigenvalue weighted by atomic mass is 10.1. The van der Waals surface area contributed by atoms with Gasteiger partial charge < -0.3 is 24.8 Å². The molecule has 0 unspecified atom stereocenters. The fraction of sp³-hybridized carbons (Fsp3) is 0.316. The molecule has 134 valence electrons. The maximum absolute atomic E-state index is 12.0. The van der Waals surface area contributed by atoms with Crippen molar-refractivity contribution in [2.24, 2.45) is 0 Å². The van der Waals surface area contributed by atoms with E-state index in [1.165, 1.54) is 0 Å². The first-order valence-electron chi connectivity index (χ1n) is 8.02. The highest BCUT2D eigenvalue weighted by Crippen LogP contribution is 2.24. The minimum Gasteiger partial charge on any atom is -0.497 e. The van der Waals surface area contributed by atoms with Crippen LogP contribution in [0.1, 0.15) is 11.1 Å². The summed E-state index contributed by atoms with van der Waals surface area (Å²) in [5.74, 6) is 2.29. The van der Waals surface area contributed by atoms with Gasteiger partial charge in [-0.05, 0) is 36.2 Å². The third kappa shape index (κ3) is 5.31. The molecule has 0 bridgehead atoms. The maximum atomic E-state index is 12.0. The lowest BCUT2D eigenvalue weighted by Crippen LogP contribution is -2.36. The summed E-state index contributed by atoms with van der Waals surface area (Å²) in [6.45, 7) is 0.889. The molecule has 0 spiro atoms. The Hall–Kier alpha value is -2.89. The fourth-order valence-corrected chi connectivity index (χ4v) is 2.48. The summed E-state index contributed by atoms with van der Waals surface area (Å²) in [6.07, 6.45) is 0.641. The van der Waals surface area contributed by atoms with Crippen LogP contribution in [0.2, 0.25) is 0 Å². The Labute approximate surface area is 148 Å². The number of nitrogens with one attached hydrogen (secondary N) is 2. The largest absolute Gasteiger partial charge is 0.497 e. The molecule has 0 radical (unpaired) electrons. The molecule has 2 aromatic rings. The Bertz CT molecular complexity index is 704. The summed E-state index contributed by atoms with van der Waals surface area (Å²) in [4.78, 5) is 12.0. The van der Waals surface area contributed by atoms with Crippen LogP contribution < -0.4 is 24.8 Å². The molecule has 6 nitrogen and oxygen atoms in total. The number of hydrogen-bond donors (Lipinski definition) is 2. The van der Waals surface area contributed by atoms with Crippen molar-refractivity contribution in [3.05, 3.63) is 53.6 Å². The van der Waals surface area contributed by atoms with Crippen LogP contribution >= 0.6 is 0 Å². The molecule has 0 atom stereocenters. The van der Waals surface area contributed by atoms with E-state index in [0.29, 0.717) is 19.5 Å². The predicted molar refractivity (Wildman–Crippen MR) is 96.5 cm³/mol. The summed E-state index contributed by atoms with van der Waals surface area (Å²) < 4.78 is 15.8. The highest BCUT2D eigenvalue weighted by Gasteiger charge is 2.07. The molecule has 0 saturated carbocycles. The molecular weight excluding hydrogens is 320 g/mol. The number of carbonyl (C=O) groups excluding carboxylic acids is 1. The number of benzene rings is 2. The molecule has 2 N–H and O–H groups in total. The van der Waals surface area contributed by atoms with Crippen molar-refractivity contribution < 1.29 is 19.0 Å². The zero-order valence-corrected chi connectivity index (χ0v) is 14.8. The number of rotatable bonds is 8. The van der Waals surface area contributed by atoms with Crippen molar-refractivity contribution >= 4 is 6.03 Å². The molecule has 0 fully saturated rings. The van der Waals surface area contributed by atoms with Gasteiger partial charge in [-0.2, -0.15) is 0 Å². The zero-order valence-electron chi connectivity index (χ0n) is 14.8. The van der Waals surface area contributed by atoms with Crippen molar-refractivity contribution in [2.75, 3.05) is 27.9 Å². The first-order valence-corrected chi connectivity index (χ1v) is 8.02. The Morgan fingerprint density at radius 1 is 0.880 bits per heavy atom. The quantitative estimate of drug-likeness (QED) is 0.773. The molecule has 0 aliphatic carbocycles. The van der Waals surface area contributed by atoms with Gasteiger partial charge in [0.25, 0.3) is 0 Å². The summed E-state index contributed by atoms with van der Waals surface area (Å²) in [5, 5.41) is 5.67. The SMILES string of the molecule is COc1ccc(OC)c(CCNC(=O)NCc2ccccc2OC)c1. The van der Waals surface area contributed by atoms with E-state index < -0.39 is 0 Å². The van der Waals surface area contributed by atoms with E-state index in [-0.39, 0.29) is 6.03 Å². The van der Waals surface area contributed by atoms with Crippen molar-refractivity contribution in [3.8, 4) is 17.2 Å². The minimum atomic E-state index is -0.229. The Kier molecular flexibility index (Phi) is 6.95. The van der Waals surface area contributed by atoms with Crippen LogP contribution in [-0.4, -0.2) is 33.9 Å². The summed E-state index contributed by atoms with van der Waals surface area (Å²) in [6, 6.07) is 13.0. The van der Waals surface area contributed by atoms with Crippen LogP contribution in [0.3, 0.4) is 0 Å². The van der Waals surface area contributed by atoms with Crippen molar-refractivity contribution in [1.29, 1.82) is 0 Å². The lowest BCUT2D eigenvalue weighted by Gasteiger charge is -2.12. The van der Waals surface area contributed by atoms with Gasteiger partial charge in [-0.1, -0.05) is 18.2 Å². The summed E-state index contributed by atoms with van der Waals surface area (Å²) in [5.41, 5.74) is 1.90. The first kappa shape index (κ1) is 18.4. The highest BCUT2D eigenvalue weighted by atomic mass is 16.5. The summed E-state index contributed by atoms with van der Waals surface area (Å²) in [7, 11) is 4.86. The zero-order chi connectivity index (χ0) is 18.1. The van der Waals surface area contributed by atoms with Gasteiger partial charge in [0.15, 0.2) is 0 Å². The minimum absolute atomic E-state index is 0.229. The third-order valence-corrected chi connectivity index (χ3v) is 3.80. The van der Waals surface area contributed by atoms with Crippen molar-refractivity contribution in [3.63, 3.8) is 0 Å². The molecule has 25 heavy (non-hydrogen) atoms. The molecule has 2 amide bonds. The molecule has 0 heterocycles. The Balaban J connectivity index is 1.82. The van der Waals surface area contributed by atoms with E-state index in [2.05, 4.69) is 10.6 Å². The molecule has 0 saturated heterocycles. The predicted octanol–water partition coefficient (Wildman–Crippen LogP) is 2.75. The number of urea groups is 1. The highest BCUT2D eigenvalue weighted by molar-refractivity contribution is 5.73. The van der Waals surface area contributed by atoms with Crippen molar-refractivity contribution in [2.45, 2.75) is 13.0 Å². The second-order valence-corrected chi connectivity index (χ2v) is 5.35. The van der Waals surface area contributed by atoms with Crippen molar-refractivity contribution in [1.82, 2.24) is 10.6 Å². The average molecular weight is 344 g/mol. The number of hydrogen-bond acceptors (Lipinski definition) is 4. The number of carbonyl (C=O) groups is 1. The van der Waals surface area contributed by atoms with Gasteiger partial charge in [0.05, 0.1) is 21.3 Å². The molecular formula is C19H24N2O4. The van der Waals surface area contributed by atoms with E-state index in [4.69, 9.17) is 14.2 Å². The van der Waals surface area contributed by atoms with E-state index in [1.54, 1.807) is 21.3 Å². The van der Waals surface area contributed by atoms with Crippen LogP contribution in [0.15, 0.2) is 42.5 Å². The Morgan fingerprint density at radius 3 is 2.32 bits per heavy atom. The number of amides is 2. The van der Waals surface area contributed by atoms with Gasteiger partial charge in [0, 0.05) is 18.7 Å². The summed E-state index contributed by atoms with van der Waals surface area (Å²) >= 11 is 0. The van der Waals surface area contributed by atoms with E-state index in [9.17, 15) is 4.79 Å². The second kappa shape index (κ2) is 9.42. The van der Waals surface area contributed by atoms with Gasteiger partial charge in [0.1, 0.15) is 17.2 Å². The normalized spacial score (nSPS) is 10.0. The van der Waals surface area contributed by atoms with Gasteiger partial charge in [-0.25, -0.2) is 4.79 Å². The van der Waals surface area contributed by atoms with E-state index >= 15 is 0 Å². The molecule has 2 aromatic carbocycles. The van der Waals surface area contributed by atoms with Gasteiger partial charge >= 0.3 is 6.03 Å². The third-order valence-electron chi connectivity index (χ3n) is 3.80. The number of methoxy groups -OCH3 is 3. The molecule has 0 aliphatic heterocycles. The van der Waals surface area contributed by atoms with Crippen LogP contribution in [0, 0.1) is 0 Å².